The van der Waals surface area contributed by atoms with Crippen LogP contribution < -0.4 is 10.6 Å². The van der Waals surface area contributed by atoms with Gasteiger partial charge in [0.15, 0.2) is 5.82 Å². The molecule has 3 aromatic rings. The lowest BCUT2D eigenvalue weighted by Gasteiger charge is -2.13. The van der Waals surface area contributed by atoms with Crippen LogP contribution in [0.15, 0.2) is 48.7 Å². The first-order valence-corrected chi connectivity index (χ1v) is 8.11. The van der Waals surface area contributed by atoms with Crippen LogP contribution >= 0.6 is 11.6 Å². The molecule has 0 spiro atoms. The Morgan fingerprint density at radius 2 is 1.92 bits per heavy atom. The predicted octanol–water partition coefficient (Wildman–Crippen LogP) is 4.88. The van der Waals surface area contributed by atoms with Gasteiger partial charge < -0.3 is 10.6 Å². The molecule has 1 aromatic heterocycles. The normalized spacial score (nSPS) is 10.5. The third-order valence-electron chi connectivity index (χ3n) is 3.63. The van der Waals surface area contributed by atoms with Crippen LogP contribution in [0.5, 0.6) is 0 Å². The van der Waals surface area contributed by atoms with E-state index in [2.05, 4.69) is 57.9 Å². The maximum atomic E-state index is 5.99. The summed E-state index contributed by atoms with van der Waals surface area (Å²) in [7, 11) is 0. The summed E-state index contributed by atoms with van der Waals surface area (Å²) in [4.78, 5) is 4.47. The SMILES string of the molecule is CCc1cccc(C)c1Nc1cnnc(Nc2cccc(Cl)c2)n1. The van der Waals surface area contributed by atoms with Gasteiger partial charge in [-0.3, -0.25) is 0 Å². The minimum Gasteiger partial charge on any atom is -0.338 e. The summed E-state index contributed by atoms with van der Waals surface area (Å²) in [5, 5.41) is 15.1. The topological polar surface area (TPSA) is 62.7 Å². The zero-order chi connectivity index (χ0) is 16.9. The molecular formula is C18H18ClN5. The smallest absolute Gasteiger partial charge is 0.249 e. The number of anilines is 4. The molecule has 0 fully saturated rings. The van der Waals surface area contributed by atoms with Gasteiger partial charge in [0, 0.05) is 16.4 Å². The Balaban J connectivity index is 1.84. The maximum absolute atomic E-state index is 5.99. The van der Waals surface area contributed by atoms with Gasteiger partial charge in [-0.1, -0.05) is 42.8 Å². The Bertz CT molecular complexity index is 850. The molecule has 1 heterocycles. The number of para-hydroxylation sites is 1. The van der Waals surface area contributed by atoms with Crippen LogP contribution in [0.1, 0.15) is 18.1 Å². The van der Waals surface area contributed by atoms with Crippen molar-refractivity contribution in [3.8, 4) is 0 Å². The molecule has 0 radical (unpaired) electrons. The number of aryl methyl sites for hydroxylation is 2. The molecule has 3 rings (SSSR count). The van der Waals surface area contributed by atoms with Gasteiger partial charge in [-0.15, -0.1) is 5.10 Å². The molecule has 5 nitrogen and oxygen atoms in total. The van der Waals surface area contributed by atoms with Gasteiger partial charge in [0.1, 0.15) is 0 Å². The van der Waals surface area contributed by atoms with Crippen molar-refractivity contribution in [2.45, 2.75) is 20.3 Å². The number of hydrogen-bond donors (Lipinski definition) is 2. The van der Waals surface area contributed by atoms with Crippen molar-refractivity contribution >= 4 is 34.7 Å². The molecule has 0 saturated heterocycles. The maximum Gasteiger partial charge on any atom is 0.249 e. The molecule has 6 heteroatoms. The van der Waals surface area contributed by atoms with Gasteiger partial charge >= 0.3 is 0 Å². The Morgan fingerprint density at radius 3 is 2.71 bits per heavy atom. The number of nitrogens with one attached hydrogen (secondary N) is 2. The molecular weight excluding hydrogens is 322 g/mol. The minimum atomic E-state index is 0.411. The molecule has 2 N–H and O–H groups in total. The fraction of sp³-hybridized carbons (Fsp3) is 0.167. The van der Waals surface area contributed by atoms with E-state index in [0.717, 1.165) is 23.4 Å². The first kappa shape index (κ1) is 16.2. The minimum absolute atomic E-state index is 0.411. The lowest BCUT2D eigenvalue weighted by Crippen LogP contribution is -2.04. The highest BCUT2D eigenvalue weighted by Gasteiger charge is 2.07. The zero-order valence-electron chi connectivity index (χ0n) is 13.5. The lowest BCUT2D eigenvalue weighted by atomic mass is 10.1. The highest BCUT2D eigenvalue weighted by molar-refractivity contribution is 6.30. The van der Waals surface area contributed by atoms with Gasteiger partial charge in [0.05, 0.1) is 6.20 Å². The second-order valence-corrected chi connectivity index (χ2v) is 5.82. The van der Waals surface area contributed by atoms with Crippen LogP contribution in [0.25, 0.3) is 0 Å². The van der Waals surface area contributed by atoms with Gasteiger partial charge in [-0.2, -0.15) is 10.1 Å². The van der Waals surface area contributed by atoms with E-state index < -0.39 is 0 Å². The van der Waals surface area contributed by atoms with E-state index in [9.17, 15) is 0 Å². The fourth-order valence-corrected chi connectivity index (χ4v) is 2.63. The summed E-state index contributed by atoms with van der Waals surface area (Å²) in [6.45, 7) is 4.20. The summed E-state index contributed by atoms with van der Waals surface area (Å²) >= 11 is 5.99. The Hall–Kier alpha value is -2.66. The molecule has 24 heavy (non-hydrogen) atoms. The third kappa shape index (κ3) is 3.81. The molecule has 0 aliphatic carbocycles. The summed E-state index contributed by atoms with van der Waals surface area (Å²) in [5.74, 6) is 1.05. The van der Waals surface area contributed by atoms with Crippen LogP contribution in [-0.4, -0.2) is 15.2 Å². The Labute approximate surface area is 146 Å². The van der Waals surface area contributed by atoms with Gasteiger partial charge in [-0.25, -0.2) is 0 Å². The first-order valence-electron chi connectivity index (χ1n) is 7.73. The predicted molar refractivity (Wildman–Crippen MR) is 98.4 cm³/mol. The molecule has 0 unspecified atom stereocenters. The molecule has 2 aromatic carbocycles. The Kier molecular flexibility index (Phi) is 4.91. The molecule has 0 saturated carbocycles. The average molecular weight is 340 g/mol. The molecule has 0 aliphatic rings. The average Bonchev–Trinajstić information content (AvgIpc) is 2.57. The highest BCUT2D eigenvalue weighted by Crippen LogP contribution is 2.25. The third-order valence-corrected chi connectivity index (χ3v) is 3.87. The number of halogens is 1. The molecule has 0 atom stereocenters. The van der Waals surface area contributed by atoms with E-state index in [4.69, 9.17) is 11.6 Å². The van der Waals surface area contributed by atoms with Crippen molar-refractivity contribution in [2.75, 3.05) is 10.6 Å². The first-order chi connectivity index (χ1) is 11.7. The largest absolute Gasteiger partial charge is 0.338 e. The van der Waals surface area contributed by atoms with E-state index in [1.165, 1.54) is 5.56 Å². The van der Waals surface area contributed by atoms with Crippen LogP contribution in [0.2, 0.25) is 5.02 Å². The zero-order valence-corrected chi connectivity index (χ0v) is 14.3. The molecule has 122 valence electrons. The van der Waals surface area contributed by atoms with Crippen molar-refractivity contribution in [2.24, 2.45) is 0 Å². The van der Waals surface area contributed by atoms with Crippen LogP contribution in [0.3, 0.4) is 0 Å². The summed E-state index contributed by atoms with van der Waals surface area (Å²) < 4.78 is 0. The summed E-state index contributed by atoms with van der Waals surface area (Å²) in [6.07, 6.45) is 2.55. The van der Waals surface area contributed by atoms with Crippen molar-refractivity contribution in [3.63, 3.8) is 0 Å². The van der Waals surface area contributed by atoms with Gasteiger partial charge in [-0.05, 0) is 42.7 Å². The summed E-state index contributed by atoms with van der Waals surface area (Å²) in [6, 6.07) is 13.6. The molecule has 0 bridgehead atoms. The van der Waals surface area contributed by atoms with E-state index in [0.29, 0.717) is 16.8 Å². The fourth-order valence-electron chi connectivity index (χ4n) is 2.44. The number of aromatic nitrogens is 3. The standard InChI is InChI=1S/C18H18ClN5/c1-3-13-7-4-6-12(2)17(13)22-16-11-20-24-18(23-16)21-15-9-5-8-14(19)10-15/h4-11H,3H2,1-2H3,(H2,21,22,23,24). The number of benzene rings is 2. The van der Waals surface area contributed by atoms with Crippen LogP contribution in [0.4, 0.5) is 23.1 Å². The van der Waals surface area contributed by atoms with Crippen molar-refractivity contribution in [1.82, 2.24) is 15.2 Å². The van der Waals surface area contributed by atoms with Gasteiger partial charge in [0.25, 0.3) is 0 Å². The van der Waals surface area contributed by atoms with Crippen LogP contribution in [-0.2, 0) is 6.42 Å². The number of nitrogens with zero attached hydrogens (tertiary/aromatic N) is 3. The highest BCUT2D eigenvalue weighted by atomic mass is 35.5. The molecule has 0 amide bonds. The quantitative estimate of drug-likeness (QED) is 0.693. The van der Waals surface area contributed by atoms with E-state index in [1.54, 1.807) is 6.20 Å². The Morgan fingerprint density at radius 1 is 1.08 bits per heavy atom. The van der Waals surface area contributed by atoms with Crippen molar-refractivity contribution < 1.29 is 0 Å². The van der Waals surface area contributed by atoms with Crippen LogP contribution in [0, 0.1) is 6.92 Å². The molecule has 0 aliphatic heterocycles. The second kappa shape index (κ2) is 7.27. The van der Waals surface area contributed by atoms with Gasteiger partial charge in [0.2, 0.25) is 5.95 Å². The number of rotatable bonds is 5. The van der Waals surface area contributed by atoms with E-state index in [-0.39, 0.29) is 0 Å². The lowest BCUT2D eigenvalue weighted by molar-refractivity contribution is 0.981. The van der Waals surface area contributed by atoms with E-state index in [1.807, 2.05) is 24.3 Å². The van der Waals surface area contributed by atoms with E-state index >= 15 is 0 Å². The number of hydrogen-bond acceptors (Lipinski definition) is 5. The van der Waals surface area contributed by atoms with Crippen molar-refractivity contribution in [3.05, 3.63) is 64.8 Å². The monoisotopic (exact) mass is 339 g/mol. The van der Waals surface area contributed by atoms with Crippen molar-refractivity contribution in [1.29, 1.82) is 0 Å². The summed E-state index contributed by atoms with van der Waals surface area (Å²) in [5.41, 5.74) is 4.27. The second-order valence-electron chi connectivity index (χ2n) is 5.39.